The molecule has 0 aliphatic carbocycles. The lowest BCUT2D eigenvalue weighted by Gasteiger charge is -2.43. The Morgan fingerprint density at radius 2 is 1.94 bits per heavy atom. The molecule has 0 spiro atoms. The van der Waals surface area contributed by atoms with Gasteiger partial charge in [-0.05, 0) is 42.4 Å². The van der Waals surface area contributed by atoms with E-state index >= 15 is 0 Å². The van der Waals surface area contributed by atoms with E-state index in [1.54, 1.807) is 35.2 Å². The number of aliphatic hydroxyl groups is 1. The number of hydrogen-bond donors (Lipinski definition) is 3. The number of aromatic nitrogens is 2. The molecule has 9 heteroatoms. The molecule has 7 nitrogen and oxygen atoms in total. The van der Waals surface area contributed by atoms with Crippen molar-refractivity contribution in [2.24, 2.45) is 11.3 Å². The normalized spacial score (nSPS) is 16.1. The molecule has 33 heavy (non-hydrogen) atoms. The number of carbonyl (C=O) groups is 2. The lowest BCUT2D eigenvalue weighted by molar-refractivity contribution is -0.0161. The number of nitrogens with one attached hydrogen (secondary N) is 2. The first-order valence-electron chi connectivity index (χ1n) is 10.8. The predicted octanol–water partition coefficient (Wildman–Crippen LogP) is 4.68. The van der Waals surface area contributed by atoms with Gasteiger partial charge in [0.05, 0.1) is 22.8 Å². The number of halogens is 2. The maximum Gasteiger partial charge on any atom is 0.324 e. The van der Waals surface area contributed by atoms with Crippen molar-refractivity contribution in [1.29, 1.82) is 0 Å². The molecule has 1 aliphatic rings. The fraction of sp³-hybridized carbons (Fsp3) is 0.375. The molecule has 3 aromatic rings. The number of hydrogen-bond acceptors (Lipinski definition) is 4. The van der Waals surface area contributed by atoms with Gasteiger partial charge in [-0.2, -0.15) is 5.10 Å². The van der Waals surface area contributed by atoms with Crippen molar-refractivity contribution in [3.63, 3.8) is 0 Å². The van der Waals surface area contributed by atoms with Crippen LogP contribution >= 0.6 is 11.6 Å². The zero-order valence-corrected chi connectivity index (χ0v) is 19.2. The SMILES string of the molecule is CC(C)(C1CCN(C(=O)NC(=O)c2ccccc2)CC1)[C@H](O)c1c(F)c(Cl)cc2cn[nH]c12. The van der Waals surface area contributed by atoms with E-state index in [4.69, 9.17) is 11.6 Å². The molecule has 1 saturated heterocycles. The van der Waals surface area contributed by atoms with Gasteiger partial charge >= 0.3 is 6.03 Å². The molecule has 1 fully saturated rings. The van der Waals surface area contributed by atoms with E-state index in [0.29, 0.717) is 42.4 Å². The maximum atomic E-state index is 15.0. The molecule has 2 aromatic carbocycles. The first-order chi connectivity index (χ1) is 15.7. The molecule has 1 aromatic heterocycles. The average molecular weight is 473 g/mol. The van der Waals surface area contributed by atoms with Gasteiger partial charge in [0.15, 0.2) is 0 Å². The third-order valence-corrected chi connectivity index (χ3v) is 7.01. The number of amides is 3. The minimum atomic E-state index is -1.14. The summed E-state index contributed by atoms with van der Waals surface area (Å²) in [4.78, 5) is 26.4. The van der Waals surface area contributed by atoms with Crippen molar-refractivity contribution >= 4 is 34.4 Å². The van der Waals surface area contributed by atoms with Crippen molar-refractivity contribution in [3.05, 3.63) is 64.6 Å². The molecule has 0 radical (unpaired) electrons. The summed E-state index contributed by atoms with van der Waals surface area (Å²) in [5, 5.41) is 21.0. The van der Waals surface area contributed by atoms with E-state index < -0.39 is 29.3 Å². The number of likely N-dealkylation sites (tertiary alicyclic amines) is 1. The second-order valence-electron chi connectivity index (χ2n) is 9.03. The molecule has 2 heterocycles. The number of fused-ring (bicyclic) bond motifs is 1. The quantitative estimate of drug-likeness (QED) is 0.513. The van der Waals surface area contributed by atoms with E-state index in [9.17, 15) is 19.1 Å². The Morgan fingerprint density at radius 3 is 2.61 bits per heavy atom. The van der Waals surface area contributed by atoms with Crippen LogP contribution in [0.25, 0.3) is 10.9 Å². The van der Waals surface area contributed by atoms with Gasteiger partial charge in [-0.1, -0.05) is 43.6 Å². The highest BCUT2D eigenvalue weighted by Gasteiger charge is 2.41. The number of rotatable bonds is 4. The zero-order chi connectivity index (χ0) is 23.8. The Hall–Kier alpha value is -2.97. The summed E-state index contributed by atoms with van der Waals surface area (Å²) in [6.45, 7) is 4.62. The summed E-state index contributed by atoms with van der Waals surface area (Å²) in [5.74, 6) is -1.10. The Morgan fingerprint density at radius 1 is 1.27 bits per heavy atom. The molecule has 3 amide bonds. The summed E-state index contributed by atoms with van der Waals surface area (Å²) in [7, 11) is 0. The first-order valence-corrected chi connectivity index (χ1v) is 11.2. The van der Waals surface area contributed by atoms with Crippen LogP contribution in [-0.2, 0) is 0 Å². The van der Waals surface area contributed by atoms with Crippen molar-refractivity contribution < 1.29 is 19.1 Å². The van der Waals surface area contributed by atoms with E-state index in [1.165, 1.54) is 12.3 Å². The molecular formula is C24H26ClFN4O3. The van der Waals surface area contributed by atoms with Gasteiger partial charge in [0.2, 0.25) is 0 Å². The number of aromatic amines is 1. The van der Waals surface area contributed by atoms with Crippen LogP contribution in [0.15, 0.2) is 42.6 Å². The average Bonchev–Trinajstić information content (AvgIpc) is 3.27. The van der Waals surface area contributed by atoms with E-state index in [1.807, 2.05) is 13.8 Å². The number of piperidine rings is 1. The molecule has 0 saturated carbocycles. The highest BCUT2D eigenvalue weighted by molar-refractivity contribution is 6.31. The van der Waals surface area contributed by atoms with E-state index in [0.717, 1.165) is 0 Å². The number of imide groups is 1. The second kappa shape index (κ2) is 9.11. The van der Waals surface area contributed by atoms with Gasteiger partial charge in [-0.15, -0.1) is 0 Å². The minimum absolute atomic E-state index is 0.0118. The first kappa shape index (κ1) is 23.2. The third-order valence-electron chi connectivity index (χ3n) is 6.74. The van der Waals surface area contributed by atoms with Crippen LogP contribution in [0.1, 0.15) is 48.7 Å². The largest absolute Gasteiger partial charge is 0.388 e. The fourth-order valence-electron chi connectivity index (χ4n) is 4.58. The monoisotopic (exact) mass is 472 g/mol. The van der Waals surface area contributed by atoms with E-state index in [-0.39, 0.29) is 16.5 Å². The third kappa shape index (κ3) is 4.45. The van der Waals surface area contributed by atoms with Crippen LogP contribution in [0.3, 0.4) is 0 Å². The van der Waals surface area contributed by atoms with Crippen molar-refractivity contribution in [2.75, 3.05) is 13.1 Å². The summed E-state index contributed by atoms with van der Waals surface area (Å²) < 4.78 is 15.0. The Bertz CT molecular complexity index is 1170. The fourth-order valence-corrected chi connectivity index (χ4v) is 4.79. The number of urea groups is 1. The van der Waals surface area contributed by atoms with Crippen molar-refractivity contribution in [3.8, 4) is 0 Å². The van der Waals surface area contributed by atoms with Crippen LogP contribution in [0.2, 0.25) is 5.02 Å². The maximum absolute atomic E-state index is 15.0. The molecule has 174 valence electrons. The second-order valence-corrected chi connectivity index (χ2v) is 9.44. The minimum Gasteiger partial charge on any atom is -0.388 e. The molecular weight excluding hydrogens is 447 g/mol. The number of benzene rings is 2. The molecule has 1 aliphatic heterocycles. The topological polar surface area (TPSA) is 98.3 Å². The summed E-state index contributed by atoms with van der Waals surface area (Å²) in [6, 6.07) is 9.59. The molecule has 4 rings (SSSR count). The number of H-pyrrole nitrogens is 1. The van der Waals surface area contributed by atoms with Gasteiger partial charge in [0.25, 0.3) is 5.91 Å². The number of aliphatic hydroxyl groups excluding tert-OH is 1. The summed E-state index contributed by atoms with van der Waals surface area (Å²) in [5.41, 5.74) is 0.243. The lowest BCUT2D eigenvalue weighted by atomic mass is 9.68. The van der Waals surface area contributed by atoms with Crippen LogP contribution in [-0.4, -0.2) is 45.2 Å². The number of nitrogens with zero attached hydrogens (tertiary/aromatic N) is 2. The van der Waals surface area contributed by atoms with Gasteiger partial charge in [-0.25, -0.2) is 9.18 Å². The van der Waals surface area contributed by atoms with Crippen LogP contribution in [0.5, 0.6) is 0 Å². The molecule has 0 unspecified atom stereocenters. The van der Waals surface area contributed by atoms with Crippen LogP contribution < -0.4 is 5.32 Å². The highest BCUT2D eigenvalue weighted by Crippen LogP contribution is 2.47. The summed E-state index contributed by atoms with van der Waals surface area (Å²) >= 11 is 6.06. The summed E-state index contributed by atoms with van der Waals surface area (Å²) in [6.07, 6.45) is 1.61. The Labute approximate surface area is 195 Å². The standard InChI is InChI=1S/C24H26ClFN4O3/c1-24(2,21(31)18-19(26)17(25)12-15-13-27-29-20(15)18)16-8-10-30(11-9-16)23(33)28-22(32)14-6-4-3-5-7-14/h3-7,12-13,16,21,31H,8-11H2,1-2H3,(H,27,29)(H,28,32,33)/t21-/m1/s1. The van der Waals surface area contributed by atoms with Gasteiger partial charge in [-0.3, -0.25) is 15.2 Å². The molecule has 1 atom stereocenters. The highest BCUT2D eigenvalue weighted by atomic mass is 35.5. The van der Waals surface area contributed by atoms with Gasteiger partial charge in [0.1, 0.15) is 5.82 Å². The van der Waals surface area contributed by atoms with Crippen LogP contribution in [0, 0.1) is 17.2 Å². The van der Waals surface area contributed by atoms with Gasteiger partial charge < -0.3 is 10.0 Å². The lowest BCUT2D eigenvalue weighted by Crippen LogP contribution is -2.48. The van der Waals surface area contributed by atoms with Crippen LogP contribution in [0.4, 0.5) is 9.18 Å². The molecule has 0 bridgehead atoms. The van der Waals surface area contributed by atoms with Gasteiger partial charge in [0, 0.05) is 29.6 Å². The predicted molar refractivity (Wildman–Crippen MR) is 123 cm³/mol. The Balaban J connectivity index is 1.44. The van der Waals surface area contributed by atoms with Crippen molar-refractivity contribution in [1.82, 2.24) is 20.4 Å². The van der Waals surface area contributed by atoms with E-state index in [2.05, 4.69) is 15.5 Å². The number of carbonyl (C=O) groups excluding carboxylic acids is 2. The smallest absolute Gasteiger partial charge is 0.324 e. The Kier molecular flexibility index (Phi) is 6.41. The van der Waals surface area contributed by atoms with Crippen molar-refractivity contribution in [2.45, 2.75) is 32.8 Å². The zero-order valence-electron chi connectivity index (χ0n) is 18.4. The molecule has 3 N–H and O–H groups in total.